The van der Waals surface area contributed by atoms with Crippen LogP contribution in [0.5, 0.6) is 0 Å². The molecule has 102 valence electrons. The van der Waals surface area contributed by atoms with Crippen molar-refractivity contribution < 1.29 is 9.50 Å². The van der Waals surface area contributed by atoms with Gasteiger partial charge >= 0.3 is 0 Å². The molecule has 3 heteroatoms. The van der Waals surface area contributed by atoms with Gasteiger partial charge in [0.15, 0.2) is 0 Å². The van der Waals surface area contributed by atoms with E-state index >= 15 is 0 Å². The standard InChI is InChI=1S/C15H24FNO/c1-3-4-13(7-8-18)10-17-11-14-5-6-15(16)9-12(14)2/h5-6,9,13,17-18H,3-4,7-8,10-11H2,1-2H3. The van der Waals surface area contributed by atoms with Crippen LogP contribution in [-0.2, 0) is 6.54 Å². The zero-order valence-corrected chi connectivity index (χ0v) is 11.4. The molecule has 1 aromatic carbocycles. The van der Waals surface area contributed by atoms with Crippen LogP contribution in [-0.4, -0.2) is 18.3 Å². The third kappa shape index (κ3) is 5.15. The molecular weight excluding hydrogens is 229 g/mol. The lowest BCUT2D eigenvalue weighted by atomic mass is 10.00. The van der Waals surface area contributed by atoms with E-state index in [1.807, 2.05) is 13.0 Å². The van der Waals surface area contributed by atoms with E-state index in [2.05, 4.69) is 12.2 Å². The molecule has 18 heavy (non-hydrogen) atoms. The van der Waals surface area contributed by atoms with E-state index in [1.165, 1.54) is 6.07 Å². The number of aryl methyl sites for hydroxylation is 1. The molecule has 1 atom stereocenters. The summed E-state index contributed by atoms with van der Waals surface area (Å²) in [4.78, 5) is 0. The third-order valence-corrected chi connectivity index (χ3v) is 3.29. The van der Waals surface area contributed by atoms with Crippen LogP contribution in [0.1, 0.15) is 37.3 Å². The Morgan fingerprint density at radius 2 is 2.11 bits per heavy atom. The second-order valence-electron chi connectivity index (χ2n) is 4.87. The summed E-state index contributed by atoms with van der Waals surface area (Å²) < 4.78 is 13.0. The van der Waals surface area contributed by atoms with Gasteiger partial charge in [0, 0.05) is 13.2 Å². The Kier molecular flexibility index (Phi) is 6.91. The van der Waals surface area contributed by atoms with Gasteiger partial charge in [-0.25, -0.2) is 4.39 Å². The van der Waals surface area contributed by atoms with Crippen molar-refractivity contribution in [3.63, 3.8) is 0 Å². The number of hydrogen-bond donors (Lipinski definition) is 2. The first-order valence-corrected chi connectivity index (χ1v) is 6.74. The zero-order chi connectivity index (χ0) is 13.4. The number of nitrogens with one attached hydrogen (secondary N) is 1. The highest BCUT2D eigenvalue weighted by Crippen LogP contribution is 2.12. The lowest BCUT2D eigenvalue weighted by Crippen LogP contribution is -2.23. The van der Waals surface area contributed by atoms with Crippen molar-refractivity contribution in [3.05, 3.63) is 35.1 Å². The first-order valence-electron chi connectivity index (χ1n) is 6.74. The lowest BCUT2D eigenvalue weighted by molar-refractivity contribution is 0.248. The molecule has 0 radical (unpaired) electrons. The van der Waals surface area contributed by atoms with E-state index in [0.717, 1.165) is 43.5 Å². The number of hydrogen-bond acceptors (Lipinski definition) is 2. The molecule has 2 nitrogen and oxygen atoms in total. The Bertz CT molecular complexity index is 348. The van der Waals surface area contributed by atoms with Crippen molar-refractivity contribution in [2.24, 2.45) is 5.92 Å². The van der Waals surface area contributed by atoms with Crippen LogP contribution in [0.2, 0.25) is 0 Å². The van der Waals surface area contributed by atoms with Gasteiger partial charge in [-0.05, 0) is 55.5 Å². The monoisotopic (exact) mass is 253 g/mol. The summed E-state index contributed by atoms with van der Waals surface area (Å²) in [5, 5.41) is 12.4. The molecule has 0 amide bonds. The van der Waals surface area contributed by atoms with Gasteiger partial charge in [-0.2, -0.15) is 0 Å². The highest BCUT2D eigenvalue weighted by molar-refractivity contribution is 5.26. The summed E-state index contributed by atoms with van der Waals surface area (Å²) in [5.41, 5.74) is 2.12. The van der Waals surface area contributed by atoms with Crippen LogP contribution in [0.25, 0.3) is 0 Å². The zero-order valence-electron chi connectivity index (χ0n) is 11.4. The molecule has 1 rings (SSSR count). The summed E-state index contributed by atoms with van der Waals surface area (Å²) in [6, 6.07) is 4.90. The van der Waals surface area contributed by atoms with Crippen molar-refractivity contribution in [3.8, 4) is 0 Å². The molecule has 2 N–H and O–H groups in total. The maximum atomic E-state index is 13.0. The molecule has 0 aromatic heterocycles. The van der Waals surface area contributed by atoms with Gasteiger partial charge in [-0.15, -0.1) is 0 Å². The topological polar surface area (TPSA) is 32.3 Å². The van der Waals surface area contributed by atoms with E-state index in [1.54, 1.807) is 6.07 Å². The normalized spacial score (nSPS) is 12.7. The number of benzene rings is 1. The minimum atomic E-state index is -0.180. The molecule has 0 aliphatic rings. The number of halogens is 1. The summed E-state index contributed by atoms with van der Waals surface area (Å²) >= 11 is 0. The average molecular weight is 253 g/mol. The van der Waals surface area contributed by atoms with Crippen molar-refractivity contribution in [1.29, 1.82) is 0 Å². The third-order valence-electron chi connectivity index (χ3n) is 3.29. The van der Waals surface area contributed by atoms with Gasteiger partial charge in [0.2, 0.25) is 0 Å². The fourth-order valence-corrected chi connectivity index (χ4v) is 2.21. The molecule has 1 unspecified atom stereocenters. The Labute approximate surface area is 109 Å². The van der Waals surface area contributed by atoms with Crippen LogP contribution >= 0.6 is 0 Å². The second-order valence-corrected chi connectivity index (χ2v) is 4.87. The first-order chi connectivity index (χ1) is 8.67. The maximum Gasteiger partial charge on any atom is 0.123 e. The Morgan fingerprint density at radius 3 is 2.72 bits per heavy atom. The SMILES string of the molecule is CCCC(CCO)CNCc1ccc(F)cc1C. The molecule has 0 spiro atoms. The van der Waals surface area contributed by atoms with E-state index in [4.69, 9.17) is 5.11 Å². The van der Waals surface area contributed by atoms with E-state index < -0.39 is 0 Å². The molecule has 0 bridgehead atoms. The molecule has 0 fully saturated rings. The molecule has 0 saturated carbocycles. The van der Waals surface area contributed by atoms with Gasteiger partial charge < -0.3 is 10.4 Å². The van der Waals surface area contributed by atoms with Crippen molar-refractivity contribution in [2.45, 2.75) is 39.7 Å². The molecule has 0 aliphatic carbocycles. The molecule has 0 aliphatic heterocycles. The summed E-state index contributed by atoms with van der Waals surface area (Å²) in [5.74, 6) is 0.348. The summed E-state index contributed by atoms with van der Waals surface area (Å²) in [6.45, 7) is 6.01. The quantitative estimate of drug-likeness (QED) is 0.746. The number of rotatable bonds is 8. The Hall–Kier alpha value is -0.930. The highest BCUT2D eigenvalue weighted by Gasteiger charge is 2.07. The highest BCUT2D eigenvalue weighted by atomic mass is 19.1. The Balaban J connectivity index is 2.39. The molecule has 0 heterocycles. The second kappa shape index (κ2) is 8.22. The van der Waals surface area contributed by atoms with Gasteiger partial charge in [0.1, 0.15) is 5.82 Å². The molecule has 0 saturated heterocycles. The van der Waals surface area contributed by atoms with Crippen molar-refractivity contribution >= 4 is 0 Å². The molecular formula is C15H24FNO. The minimum absolute atomic E-state index is 0.180. The minimum Gasteiger partial charge on any atom is -0.396 e. The molecule has 1 aromatic rings. The summed E-state index contributed by atoms with van der Waals surface area (Å²) in [6.07, 6.45) is 3.13. The van der Waals surface area contributed by atoms with Crippen LogP contribution in [0.3, 0.4) is 0 Å². The van der Waals surface area contributed by atoms with E-state index in [9.17, 15) is 4.39 Å². The van der Waals surface area contributed by atoms with Crippen molar-refractivity contribution in [2.75, 3.05) is 13.2 Å². The van der Waals surface area contributed by atoms with Crippen molar-refractivity contribution in [1.82, 2.24) is 5.32 Å². The number of aliphatic hydroxyl groups is 1. The largest absolute Gasteiger partial charge is 0.396 e. The first kappa shape index (κ1) is 15.1. The number of aliphatic hydroxyl groups excluding tert-OH is 1. The predicted molar refractivity (Wildman–Crippen MR) is 72.9 cm³/mol. The van der Waals surface area contributed by atoms with E-state index in [-0.39, 0.29) is 12.4 Å². The van der Waals surface area contributed by atoms with Crippen LogP contribution in [0.4, 0.5) is 4.39 Å². The smallest absolute Gasteiger partial charge is 0.123 e. The fourth-order valence-electron chi connectivity index (χ4n) is 2.21. The van der Waals surface area contributed by atoms with Gasteiger partial charge in [-0.1, -0.05) is 19.4 Å². The predicted octanol–water partition coefficient (Wildman–Crippen LogP) is 3.02. The average Bonchev–Trinajstić information content (AvgIpc) is 2.32. The van der Waals surface area contributed by atoms with Crippen LogP contribution in [0, 0.1) is 18.7 Å². The van der Waals surface area contributed by atoms with Gasteiger partial charge in [0.25, 0.3) is 0 Å². The lowest BCUT2D eigenvalue weighted by Gasteiger charge is -2.16. The van der Waals surface area contributed by atoms with Gasteiger partial charge in [-0.3, -0.25) is 0 Å². The fraction of sp³-hybridized carbons (Fsp3) is 0.600. The van der Waals surface area contributed by atoms with E-state index in [0.29, 0.717) is 5.92 Å². The summed E-state index contributed by atoms with van der Waals surface area (Å²) in [7, 11) is 0. The van der Waals surface area contributed by atoms with Crippen LogP contribution < -0.4 is 5.32 Å². The Morgan fingerprint density at radius 1 is 1.33 bits per heavy atom. The van der Waals surface area contributed by atoms with Gasteiger partial charge in [0.05, 0.1) is 0 Å². The van der Waals surface area contributed by atoms with Crippen LogP contribution in [0.15, 0.2) is 18.2 Å². The maximum absolute atomic E-state index is 13.0.